The maximum atomic E-state index is 10.1. The first kappa shape index (κ1) is 15.7. The van der Waals surface area contributed by atoms with Crippen LogP contribution in [0.15, 0.2) is 0 Å². The van der Waals surface area contributed by atoms with Crippen molar-refractivity contribution in [2.45, 2.75) is 96.2 Å². The van der Waals surface area contributed by atoms with Crippen LogP contribution in [0.2, 0.25) is 0 Å². The van der Waals surface area contributed by atoms with Gasteiger partial charge in [-0.15, -0.1) is 0 Å². The summed E-state index contributed by atoms with van der Waals surface area (Å²) in [5.41, 5.74) is 0. The highest BCUT2D eigenvalue weighted by molar-refractivity contribution is 5.48. The minimum atomic E-state index is 0.604. The van der Waals surface area contributed by atoms with Gasteiger partial charge in [0.25, 0.3) is 0 Å². The molecule has 2 nitrogen and oxygen atoms in total. The summed E-state index contributed by atoms with van der Waals surface area (Å²) in [5.74, 6) is 0. The van der Waals surface area contributed by atoms with Crippen LogP contribution in [0.5, 0.6) is 0 Å². The number of carbonyl (C=O) groups excluding carboxylic acids is 1. The van der Waals surface area contributed by atoms with Gasteiger partial charge in [0, 0.05) is 6.42 Å². The Kier molecular flexibility index (Phi) is 9.19. The van der Waals surface area contributed by atoms with Crippen LogP contribution in [0.3, 0.4) is 0 Å². The van der Waals surface area contributed by atoms with Crippen molar-refractivity contribution in [3.8, 4) is 0 Å². The zero-order valence-electron chi connectivity index (χ0n) is 12.0. The van der Waals surface area contributed by atoms with E-state index in [4.69, 9.17) is 4.74 Å². The maximum Gasteiger partial charge on any atom is 0.119 e. The smallest absolute Gasteiger partial charge is 0.119 e. The number of rotatable bonds is 13. The Balaban J connectivity index is 1.70. The average molecular weight is 254 g/mol. The molecule has 0 aromatic carbocycles. The van der Waals surface area contributed by atoms with E-state index < -0.39 is 0 Å². The average Bonchev–Trinajstić information content (AvgIpc) is 3.11. The normalized spacial score (nSPS) is 22.1. The molecule has 0 bridgehead atoms. The Hall–Kier alpha value is -0.370. The molecule has 0 radical (unpaired) electrons. The molecular formula is C16H30O2. The SMILES string of the molecule is CCCC1OC1CCCCCCCCCCC=O. The van der Waals surface area contributed by atoms with Crippen molar-refractivity contribution in [3.05, 3.63) is 0 Å². The molecule has 1 aliphatic heterocycles. The third kappa shape index (κ3) is 7.86. The number of epoxide rings is 1. The van der Waals surface area contributed by atoms with Gasteiger partial charge in [-0.2, -0.15) is 0 Å². The van der Waals surface area contributed by atoms with Gasteiger partial charge >= 0.3 is 0 Å². The van der Waals surface area contributed by atoms with E-state index in [1.54, 1.807) is 0 Å². The third-order valence-electron chi connectivity index (χ3n) is 3.82. The van der Waals surface area contributed by atoms with E-state index in [9.17, 15) is 4.79 Å². The van der Waals surface area contributed by atoms with Crippen LogP contribution in [0.25, 0.3) is 0 Å². The minimum absolute atomic E-state index is 0.604. The van der Waals surface area contributed by atoms with E-state index in [1.165, 1.54) is 64.2 Å². The molecule has 1 saturated heterocycles. The van der Waals surface area contributed by atoms with Gasteiger partial charge in [-0.05, 0) is 19.3 Å². The van der Waals surface area contributed by atoms with Crippen molar-refractivity contribution in [3.63, 3.8) is 0 Å². The molecule has 0 aromatic heterocycles. The lowest BCUT2D eigenvalue weighted by molar-refractivity contribution is -0.107. The second kappa shape index (κ2) is 10.5. The number of unbranched alkanes of at least 4 members (excludes halogenated alkanes) is 8. The largest absolute Gasteiger partial charge is 0.370 e. The van der Waals surface area contributed by atoms with Gasteiger partial charge in [-0.25, -0.2) is 0 Å². The van der Waals surface area contributed by atoms with Crippen LogP contribution >= 0.6 is 0 Å². The summed E-state index contributed by atoms with van der Waals surface area (Å²) in [6, 6.07) is 0. The van der Waals surface area contributed by atoms with Crippen molar-refractivity contribution in [1.82, 2.24) is 0 Å². The topological polar surface area (TPSA) is 29.6 Å². The molecule has 1 heterocycles. The van der Waals surface area contributed by atoms with Gasteiger partial charge in [-0.3, -0.25) is 0 Å². The van der Waals surface area contributed by atoms with Crippen molar-refractivity contribution >= 4 is 6.29 Å². The minimum Gasteiger partial charge on any atom is -0.370 e. The first-order valence-electron chi connectivity index (χ1n) is 7.97. The predicted octanol–water partition coefficient (Wildman–Crippen LogP) is 4.65. The summed E-state index contributed by atoms with van der Waals surface area (Å²) in [4.78, 5) is 10.1. The van der Waals surface area contributed by atoms with Gasteiger partial charge in [0.15, 0.2) is 0 Å². The van der Waals surface area contributed by atoms with Crippen molar-refractivity contribution < 1.29 is 9.53 Å². The van der Waals surface area contributed by atoms with Crippen LogP contribution in [-0.4, -0.2) is 18.5 Å². The number of ether oxygens (including phenoxy) is 1. The zero-order valence-corrected chi connectivity index (χ0v) is 12.0. The second-order valence-electron chi connectivity index (χ2n) is 5.57. The van der Waals surface area contributed by atoms with E-state index in [0.29, 0.717) is 12.2 Å². The van der Waals surface area contributed by atoms with Crippen LogP contribution in [-0.2, 0) is 9.53 Å². The van der Waals surface area contributed by atoms with Gasteiger partial charge in [0.05, 0.1) is 12.2 Å². The molecule has 106 valence electrons. The first-order valence-corrected chi connectivity index (χ1v) is 7.97. The number of hydrogen-bond donors (Lipinski definition) is 0. The monoisotopic (exact) mass is 254 g/mol. The first-order chi connectivity index (χ1) is 8.88. The fourth-order valence-electron chi connectivity index (χ4n) is 2.61. The summed E-state index contributed by atoms with van der Waals surface area (Å²) < 4.78 is 5.61. The molecule has 18 heavy (non-hydrogen) atoms. The van der Waals surface area contributed by atoms with Crippen molar-refractivity contribution in [2.75, 3.05) is 0 Å². The highest BCUT2D eigenvalue weighted by Gasteiger charge is 2.36. The number of hydrogen-bond acceptors (Lipinski definition) is 2. The molecule has 1 fully saturated rings. The lowest BCUT2D eigenvalue weighted by atomic mass is 10.0. The quantitative estimate of drug-likeness (QED) is 0.272. The van der Waals surface area contributed by atoms with E-state index in [-0.39, 0.29) is 0 Å². The summed E-state index contributed by atoms with van der Waals surface area (Å²) in [6.07, 6.45) is 17.2. The van der Waals surface area contributed by atoms with E-state index in [2.05, 4.69) is 6.92 Å². The molecular weight excluding hydrogens is 224 g/mol. The lowest BCUT2D eigenvalue weighted by Crippen LogP contribution is -1.93. The van der Waals surface area contributed by atoms with Crippen LogP contribution < -0.4 is 0 Å². The molecule has 0 aromatic rings. The third-order valence-corrected chi connectivity index (χ3v) is 3.82. The van der Waals surface area contributed by atoms with Crippen molar-refractivity contribution in [2.24, 2.45) is 0 Å². The Morgan fingerprint density at radius 1 is 0.833 bits per heavy atom. The van der Waals surface area contributed by atoms with E-state index in [1.807, 2.05) is 0 Å². The Bertz CT molecular complexity index is 203. The molecule has 1 aliphatic rings. The molecule has 0 spiro atoms. The summed E-state index contributed by atoms with van der Waals surface area (Å²) >= 11 is 0. The maximum absolute atomic E-state index is 10.1. The molecule has 2 unspecified atom stereocenters. The van der Waals surface area contributed by atoms with Crippen LogP contribution in [0, 0.1) is 0 Å². The fraction of sp³-hybridized carbons (Fsp3) is 0.938. The van der Waals surface area contributed by atoms with E-state index >= 15 is 0 Å². The van der Waals surface area contributed by atoms with Gasteiger partial charge in [0.2, 0.25) is 0 Å². The van der Waals surface area contributed by atoms with Crippen molar-refractivity contribution in [1.29, 1.82) is 0 Å². The molecule has 0 aliphatic carbocycles. The van der Waals surface area contributed by atoms with Gasteiger partial charge < -0.3 is 9.53 Å². The molecule has 0 amide bonds. The summed E-state index contributed by atoms with van der Waals surface area (Å²) in [6.45, 7) is 2.23. The number of aldehydes is 1. The van der Waals surface area contributed by atoms with Crippen LogP contribution in [0.4, 0.5) is 0 Å². The Morgan fingerprint density at radius 3 is 2.00 bits per heavy atom. The Morgan fingerprint density at radius 2 is 1.39 bits per heavy atom. The highest BCUT2D eigenvalue weighted by atomic mass is 16.6. The fourth-order valence-corrected chi connectivity index (χ4v) is 2.61. The van der Waals surface area contributed by atoms with Gasteiger partial charge in [-0.1, -0.05) is 58.3 Å². The predicted molar refractivity (Wildman–Crippen MR) is 75.8 cm³/mol. The summed E-state index contributed by atoms with van der Waals surface area (Å²) in [7, 11) is 0. The Labute approximate surface area is 112 Å². The molecule has 0 N–H and O–H groups in total. The standard InChI is InChI=1S/C16H30O2/c1-2-12-15-16(18-15)13-10-8-6-4-3-5-7-9-11-14-17/h14-16H,2-13H2,1H3. The second-order valence-corrected chi connectivity index (χ2v) is 5.57. The highest BCUT2D eigenvalue weighted by Crippen LogP contribution is 2.30. The number of carbonyl (C=O) groups is 1. The van der Waals surface area contributed by atoms with Crippen LogP contribution in [0.1, 0.15) is 84.0 Å². The zero-order chi connectivity index (χ0) is 13.1. The van der Waals surface area contributed by atoms with E-state index in [0.717, 1.165) is 19.1 Å². The molecule has 1 rings (SSSR count). The lowest BCUT2D eigenvalue weighted by Gasteiger charge is -2.01. The molecule has 2 heteroatoms. The van der Waals surface area contributed by atoms with Gasteiger partial charge in [0.1, 0.15) is 6.29 Å². The summed E-state index contributed by atoms with van der Waals surface area (Å²) in [5, 5.41) is 0. The molecule has 0 saturated carbocycles. The molecule has 2 atom stereocenters.